The van der Waals surface area contributed by atoms with Crippen LogP contribution in [0.1, 0.15) is 18.4 Å². The van der Waals surface area contributed by atoms with Gasteiger partial charge < -0.3 is 5.73 Å². The zero-order valence-electron chi connectivity index (χ0n) is 12.0. The fourth-order valence-corrected chi connectivity index (χ4v) is 4.09. The Morgan fingerprint density at radius 2 is 2.14 bits per heavy atom. The number of aromatic nitrogens is 1. The molecule has 110 valence electrons. The van der Waals surface area contributed by atoms with Crippen molar-refractivity contribution in [3.05, 3.63) is 41.8 Å². The van der Waals surface area contributed by atoms with Gasteiger partial charge in [0, 0.05) is 37.3 Å². The van der Waals surface area contributed by atoms with E-state index in [-0.39, 0.29) is 5.82 Å². The number of pyridine rings is 1. The molecule has 0 radical (unpaired) electrons. The highest BCUT2D eigenvalue weighted by atomic mass is 19.1. The summed E-state index contributed by atoms with van der Waals surface area (Å²) in [6.45, 7) is 3.02. The van der Waals surface area contributed by atoms with Crippen molar-refractivity contribution in [2.24, 2.45) is 17.6 Å². The lowest BCUT2D eigenvalue weighted by molar-refractivity contribution is 0.299. The fourth-order valence-electron chi connectivity index (χ4n) is 4.09. The first-order valence-corrected chi connectivity index (χ1v) is 7.72. The van der Waals surface area contributed by atoms with Crippen molar-refractivity contribution >= 4 is 10.9 Å². The first-order valence-electron chi connectivity index (χ1n) is 7.72. The highest BCUT2D eigenvalue weighted by Crippen LogP contribution is 2.38. The van der Waals surface area contributed by atoms with E-state index in [2.05, 4.69) is 9.88 Å². The third kappa shape index (κ3) is 2.23. The normalized spacial score (nSPS) is 29.1. The zero-order chi connectivity index (χ0) is 14.4. The zero-order valence-corrected chi connectivity index (χ0v) is 12.0. The molecular formula is C17H20FN3. The van der Waals surface area contributed by atoms with Crippen molar-refractivity contribution in [1.29, 1.82) is 0 Å². The third-order valence-corrected chi connectivity index (χ3v) is 5.18. The molecule has 3 atom stereocenters. The van der Waals surface area contributed by atoms with E-state index < -0.39 is 0 Å². The van der Waals surface area contributed by atoms with E-state index in [0.717, 1.165) is 36.6 Å². The van der Waals surface area contributed by atoms with Crippen LogP contribution in [0.3, 0.4) is 0 Å². The van der Waals surface area contributed by atoms with Crippen LogP contribution in [0.15, 0.2) is 30.5 Å². The van der Waals surface area contributed by atoms with Crippen molar-refractivity contribution in [3.63, 3.8) is 0 Å². The number of nitrogens with zero attached hydrogens (tertiary/aromatic N) is 2. The molecule has 1 aliphatic heterocycles. The van der Waals surface area contributed by atoms with E-state index in [1.54, 1.807) is 24.4 Å². The molecular weight excluding hydrogens is 265 g/mol. The van der Waals surface area contributed by atoms with Gasteiger partial charge in [-0.2, -0.15) is 0 Å². The number of nitrogens with two attached hydrogens (primary N) is 1. The molecule has 1 aliphatic carbocycles. The lowest BCUT2D eigenvalue weighted by Gasteiger charge is -2.19. The molecule has 2 N–H and O–H groups in total. The number of benzene rings is 1. The van der Waals surface area contributed by atoms with Crippen LogP contribution in [0.2, 0.25) is 0 Å². The van der Waals surface area contributed by atoms with Crippen LogP contribution in [0, 0.1) is 17.7 Å². The maximum Gasteiger partial charge on any atom is 0.132 e. The van der Waals surface area contributed by atoms with Gasteiger partial charge in [-0.3, -0.25) is 9.88 Å². The molecule has 4 rings (SSSR count). The summed E-state index contributed by atoms with van der Waals surface area (Å²) in [6.07, 6.45) is 4.16. The highest BCUT2D eigenvalue weighted by Gasteiger charge is 2.40. The van der Waals surface area contributed by atoms with Crippen LogP contribution in [-0.2, 0) is 6.54 Å². The summed E-state index contributed by atoms with van der Waals surface area (Å²) in [6, 6.07) is 7.38. The second kappa shape index (κ2) is 5.04. The highest BCUT2D eigenvalue weighted by molar-refractivity contribution is 5.82. The molecule has 0 spiro atoms. The summed E-state index contributed by atoms with van der Waals surface area (Å²) in [5.74, 6) is 1.20. The van der Waals surface area contributed by atoms with Crippen molar-refractivity contribution in [1.82, 2.24) is 9.88 Å². The van der Waals surface area contributed by atoms with E-state index in [0.29, 0.717) is 17.3 Å². The summed E-state index contributed by atoms with van der Waals surface area (Å²) in [7, 11) is 0. The molecule has 21 heavy (non-hydrogen) atoms. The Labute approximate surface area is 124 Å². The Kier molecular flexibility index (Phi) is 3.16. The topological polar surface area (TPSA) is 42.1 Å². The van der Waals surface area contributed by atoms with E-state index >= 15 is 0 Å². The summed E-state index contributed by atoms with van der Waals surface area (Å²) in [5, 5.41) is 0.617. The number of rotatable bonds is 2. The van der Waals surface area contributed by atoms with Crippen molar-refractivity contribution in [2.45, 2.75) is 25.4 Å². The monoisotopic (exact) mass is 285 g/mol. The Bertz CT molecular complexity index is 672. The first-order chi connectivity index (χ1) is 10.2. The average Bonchev–Trinajstić information content (AvgIpc) is 3.05. The van der Waals surface area contributed by atoms with Crippen molar-refractivity contribution in [3.8, 4) is 0 Å². The number of hydrogen-bond acceptors (Lipinski definition) is 3. The summed E-state index contributed by atoms with van der Waals surface area (Å²) < 4.78 is 13.8. The van der Waals surface area contributed by atoms with E-state index in [1.807, 2.05) is 6.07 Å². The smallest absolute Gasteiger partial charge is 0.132 e. The molecule has 3 unspecified atom stereocenters. The summed E-state index contributed by atoms with van der Waals surface area (Å²) in [4.78, 5) is 6.83. The van der Waals surface area contributed by atoms with Gasteiger partial charge in [0.05, 0.1) is 5.52 Å². The molecule has 2 heterocycles. The van der Waals surface area contributed by atoms with Gasteiger partial charge in [-0.25, -0.2) is 4.39 Å². The Morgan fingerprint density at radius 1 is 1.24 bits per heavy atom. The van der Waals surface area contributed by atoms with Crippen molar-refractivity contribution in [2.75, 3.05) is 13.1 Å². The minimum Gasteiger partial charge on any atom is -0.327 e. The molecule has 1 aromatic carbocycles. The molecule has 0 amide bonds. The summed E-state index contributed by atoms with van der Waals surface area (Å²) in [5.41, 5.74) is 8.10. The van der Waals surface area contributed by atoms with Crippen LogP contribution < -0.4 is 5.73 Å². The van der Waals surface area contributed by atoms with Crippen LogP contribution in [0.25, 0.3) is 10.9 Å². The lowest BCUT2D eigenvalue weighted by Crippen LogP contribution is -2.30. The molecule has 1 aromatic heterocycles. The van der Waals surface area contributed by atoms with Crippen LogP contribution in [0.4, 0.5) is 4.39 Å². The largest absolute Gasteiger partial charge is 0.327 e. The quantitative estimate of drug-likeness (QED) is 0.922. The van der Waals surface area contributed by atoms with E-state index in [9.17, 15) is 4.39 Å². The van der Waals surface area contributed by atoms with Gasteiger partial charge in [0.15, 0.2) is 0 Å². The van der Waals surface area contributed by atoms with Gasteiger partial charge in [0.1, 0.15) is 5.82 Å². The second-order valence-electron chi connectivity index (χ2n) is 6.47. The number of likely N-dealkylation sites (tertiary alicyclic amines) is 1. The van der Waals surface area contributed by atoms with Gasteiger partial charge in [0.25, 0.3) is 0 Å². The van der Waals surface area contributed by atoms with Crippen LogP contribution in [-0.4, -0.2) is 29.0 Å². The number of halogens is 1. The standard InChI is InChI=1S/C17H20FN3/c18-15-5-3-12(17-13(15)2-1-7-20-17)9-21-8-11-4-6-16(19)14(11)10-21/h1-3,5,7,11,14,16H,4,6,8-10,19H2. The number of hydrogen-bond donors (Lipinski definition) is 1. The summed E-state index contributed by atoms with van der Waals surface area (Å²) >= 11 is 0. The van der Waals surface area contributed by atoms with Gasteiger partial charge in [-0.05, 0) is 48.4 Å². The Balaban J connectivity index is 1.60. The van der Waals surface area contributed by atoms with E-state index in [1.165, 1.54) is 12.8 Å². The van der Waals surface area contributed by atoms with E-state index in [4.69, 9.17) is 5.73 Å². The molecule has 3 nitrogen and oxygen atoms in total. The van der Waals surface area contributed by atoms with Gasteiger partial charge >= 0.3 is 0 Å². The first kappa shape index (κ1) is 13.2. The SMILES string of the molecule is NC1CCC2CN(Cc3ccc(F)c4cccnc34)CC12. The maximum atomic E-state index is 13.8. The minimum absolute atomic E-state index is 0.192. The lowest BCUT2D eigenvalue weighted by atomic mass is 9.98. The Hall–Kier alpha value is -1.52. The van der Waals surface area contributed by atoms with Gasteiger partial charge in [-0.15, -0.1) is 0 Å². The molecule has 2 aromatic rings. The predicted molar refractivity (Wildman–Crippen MR) is 81.2 cm³/mol. The molecule has 2 aliphatic rings. The maximum absolute atomic E-state index is 13.8. The Morgan fingerprint density at radius 3 is 3.00 bits per heavy atom. The van der Waals surface area contributed by atoms with Crippen molar-refractivity contribution < 1.29 is 4.39 Å². The second-order valence-corrected chi connectivity index (χ2v) is 6.47. The molecule has 1 saturated heterocycles. The molecule has 2 fully saturated rings. The third-order valence-electron chi connectivity index (χ3n) is 5.18. The molecule has 1 saturated carbocycles. The number of fused-ring (bicyclic) bond motifs is 2. The van der Waals surface area contributed by atoms with Gasteiger partial charge in [-0.1, -0.05) is 6.07 Å². The average molecular weight is 285 g/mol. The predicted octanol–water partition coefficient (Wildman–Crippen LogP) is 2.54. The fraction of sp³-hybridized carbons (Fsp3) is 0.471. The van der Waals surface area contributed by atoms with Crippen LogP contribution in [0.5, 0.6) is 0 Å². The van der Waals surface area contributed by atoms with Crippen LogP contribution >= 0.6 is 0 Å². The molecule has 4 heteroatoms. The van der Waals surface area contributed by atoms with Gasteiger partial charge in [0.2, 0.25) is 0 Å². The minimum atomic E-state index is -0.192. The molecule has 0 bridgehead atoms.